The smallest absolute Gasteiger partial charge is 0.332 e. The largest absolute Gasteiger partial charge is 0.466 e. The van der Waals surface area contributed by atoms with Crippen molar-refractivity contribution in [2.45, 2.75) is 19.3 Å². The van der Waals surface area contributed by atoms with Gasteiger partial charge in [-0.25, -0.2) is 4.79 Å². The van der Waals surface area contributed by atoms with Crippen LogP contribution in [0, 0.1) is 0 Å². The molecule has 1 aliphatic heterocycles. The van der Waals surface area contributed by atoms with Gasteiger partial charge in [-0.15, -0.1) is 0 Å². The van der Waals surface area contributed by atoms with Crippen LogP contribution >= 0.6 is 0 Å². The molecule has 1 aliphatic rings. The maximum absolute atomic E-state index is 11.4. The van der Waals surface area contributed by atoms with Gasteiger partial charge >= 0.3 is 5.97 Å². The van der Waals surface area contributed by atoms with Crippen LogP contribution in [0.15, 0.2) is 36.0 Å². The number of hydrogen-bond acceptors (Lipinski definition) is 3. The average Bonchev–Trinajstić information content (AvgIpc) is 2.51. The van der Waals surface area contributed by atoms with Gasteiger partial charge in [-0.05, 0) is 11.6 Å². The Morgan fingerprint density at radius 1 is 1.35 bits per heavy atom. The zero-order chi connectivity index (χ0) is 12.6. The summed E-state index contributed by atoms with van der Waals surface area (Å²) in [6.45, 7) is 4.23. The number of anilines is 1. The summed E-state index contributed by atoms with van der Waals surface area (Å²) in [7, 11) is 3.37. The number of methoxy groups -OCH3 is 1. The van der Waals surface area contributed by atoms with E-state index in [1.165, 1.54) is 12.7 Å². The van der Waals surface area contributed by atoms with E-state index in [4.69, 9.17) is 4.74 Å². The molecule has 0 aliphatic carbocycles. The van der Waals surface area contributed by atoms with Crippen LogP contribution in [0.2, 0.25) is 0 Å². The maximum Gasteiger partial charge on any atom is 0.332 e. The highest BCUT2D eigenvalue weighted by Crippen LogP contribution is 2.46. The van der Waals surface area contributed by atoms with Gasteiger partial charge in [0.15, 0.2) is 0 Å². The number of likely N-dealkylation sites (N-methyl/N-ethyl adjacent to an activating group) is 1. The molecule has 0 bridgehead atoms. The van der Waals surface area contributed by atoms with Crippen LogP contribution < -0.4 is 4.90 Å². The third-order valence-electron chi connectivity index (χ3n) is 3.40. The number of carbonyl (C=O) groups excluding carboxylic acids is 1. The van der Waals surface area contributed by atoms with E-state index in [2.05, 4.69) is 26.0 Å². The lowest BCUT2D eigenvalue weighted by molar-refractivity contribution is -0.134. The molecule has 0 atom stereocenters. The highest BCUT2D eigenvalue weighted by atomic mass is 16.5. The topological polar surface area (TPSA) is 29.5 Å². The molecule has 1 heterocycles. The Balaban J connectivity index is 2.54. The molecule has 0 aromatic heterocycles. The molecule has 17 heavy (non-hydrogen) atoms. The van der Waals surface area contributed by atoms with E-state index < -0.39 is 0 Å². The fourth-order valence-electron chi connectivity index (χ4n) is 2.43. The summed E-state index contributed by atoms with van der Waals surface area (Å²) >= 11 is 0. The molecule has 0 unspecified atom stereocenters. The second kappa shape index (κ2) is 3.91. The van der Waals surface area contributed by atoms with Crippen LogP contribution in [-0.2, 0) is 14.9 Å². The van der Waals surface area contributed by atoms with Crippen molar-refractivity contribution >= 4 is 11.7 Å². The summed E-state index contributed by atoms with van der Waals surface area (Å²) in [5, 5.41) is 0. The molecule has 0 saturated heterocycles. The van der Waals surface area contributed by atoms with Crippen molar-refractivity contribution in [2.75, 3.05) is 19.1 Å². The predicted molar refractivity (Wildman–Crippen MR) is 68.0 cm³/mol. The summed E-state index contributed by atoms with van der Waals surface area (Å²) < 4.78 is 4.71. The zero-order valence-corrected chi connectivity index (χ0v) is 10.7. The van der Waals surface area contributed by atoms with Gasteiger partial charge < -0.3 is 9.64 Å². The number of ether oxygens (including phenoxy) is 1. The molecule has 90 valence electrons. The molecule has 0 N–H and O–H groups in total. The first-order chi connectivity index (χ1) is 7.98. The van der Waals surface area contributed by atoms with Crippen molar-refractivity contribution in [1.29, 1.82) is 0 Å². The van der Waals surface area contributed by atoms with E-state index in [-0.39, 0.29) is 11.4 Å². The second-order valence-corrected chi connectivity index (χ2v) is 4.75. The zero-order valence-electron chi connectivity index (χ0n) is 10.7. The highest BCUT2D eigenvalue weighted by Gasteiger charge is 2.38. The van der Waals surface area contributed by atoms with E-state index in [9.17, 15) is 4.79 Å². The molecule has 3 nitrogen and oxygen atoms in total. The Labute approximate surface area is 102 Å². The van der Waals surface area contributed by atoms with Crippen molar-refractivity contribution in [3.63, 3.8) is 0 Å². The fourth-order valence-corrected chi connectivity index (χ4v) is 2.43. The molecule has 3 heteroatoms. The van der Waals surface area contributed by atoms with E-state index in [0.717, 1.165) is 11.4 Å². The van der Waals surface area contributed by atoms with Crippen LogP contribution in [0.5, 0.6) is 0 Å². The number of carbonyl (C=O) groups is 1. The van der Waals surface area contributed by atoms with Crippen LogP contribution in [0.3, 0.4) is 0 Å². The maximum atomic E-state index is 11.4. The Morgan fingerprint density at radius 2 is 2.00 bits per heavy atom. The lowest BCUT2D eigenvalue weighted by atomic mass is 9.84. The molecule has 2 rings (SSSR count). The average molecular weight is 231 g/mol. The molecule has 0 amide bonds. The van der Waals surface area contributed by atoms with Crippen molar-refractivity contribution in [3.05, 3.63) is 41.6 Å². The third-order valence-corrected chi connectivity index (χ3v) is 3.40. The normalized spacial score (nSPS) is 19.3. The summed E-state index contributed by atoms with van der Waals surface area (Å²) in [6.07, 6.45) is 1.57. The summed E-state index contributed by atoms with van der Waals surface area (Å²) in [5.41, 5.74) is 3.18. The Hall–Kier alpha value is -1.77. The molecule has 0 spiro atoms. The fraction of sp³-hybridized carbons (Fsp3) is 0.357. The van der Waals surface area contributed by atoms with Crippen molar-refractivity contribution in [1.82, 2.24) is 0 Å². The lowest BCUT2D eigenvalue weighted by Gasteiger charge is -2.23. The quantitative estimate of drug-likeness (QED) is 0.549. The number of allylic oxidation sites excluding steroid dienone is 1. The first-order valence-corrected chi connectivity index (χ1v) is 5.62. The van der Waals surface area contributed by atoms with Crippen molar-refractivity contribution < 1.29 is 9.53 Å². The molecule has 0 radical (unpaired) electrons. The number of rotatable bonds is 1. The van der Waals surface area contributed by atoms with Crippen molar-refractivity contribution in [2.24, 2.45) is 0 Å². The van der Waals surface area contributed by atoms with Gasteiger partial charge in [-0.3, -0.25) is 0 Å². The van der Waals surface area contributed by atoms with Gasteiger partial charge in [-0.1, -0.05) is 32.0 Å². The number of fused-ring (bicyclic) bond motifs is 1. The highest BCUT2D eigenvalue weighted by molar-refractivity contribution is 5.86. The molecule has 1 aromatic rings. The number of esters is 1. The number of benzene rings is 1. The Kier molecular flexibility index (Phi) is 2.69. The monoisotopic (exact) mass is 231 g/mol. The summed E-state index contributed by atoms with van der Waals surface area (Å²) in [5.74, 6) is -0.312. The van der Waals surface area contributed by atoms with E-state index in [1.54, 1.807) is 6.08 Å². The lowest BCUT2D eigenvalue weighted by Crippen LogP contribution is -2.24. The Morgan fingerprint density at radius 3 is 2.59 bits per heavy atom. The number of para-hydroxylation sites is 1. The molecule has 1 aromatic carbocycles. The van der Waals surface area contributed by atoms with Crippen LogP contribution in [0.1, 0.15) is 19.4 Å². The summed E-state index contributed by atoms with van der Waals surface area (Å²) in [6, 6.07) is 8.20. The van der Waals surface area contributed by atoms with Crippen molar-refractivity contribution in [3.8, 4) is 0 Å². The van der Waals surface area contributed by atoms with Gasteiger partial charge in [0.2, 0.25) is 0 Å². The summed E-state index contributed by atoms with van der Waals surface area (Å²) in [4.78, 5) is 13.5. The first-order valence-electron chi connectivity index (χ1n) is 5.62. The van der Waals surface area contributed by atoms with E-state index in [1.807, 2.05) is 24.1 Å². The Bertz CT molecular complexity index is 489. The van der Waals surface area contributed by atoms with Crippen LogP contribution in [-0.4, -0.2) is 20.1 Å². The third kappa shape index (κ3) is 1.71. The van der Waals surface area contributed by atoms with E-state index >= 15 is 0 Å². The van der Waals surface area contributed by atoms with Gasteiger partial charge in [-0.2, -0.15) is 0 Å². The SMILES string of the molecule is COC(=O)/C=C1\N(C)c2ccccc2C1(C)C. The van der Waals surface area contributed by atoms with Gasteiger partial charge in [0.25, 0.3) is 0 Å². The molecule has 0 fully saturated rings. The minimum absolute atomic E-state index is 0.167. The van der Waals surface area contributed by atoms with Gasteiger partial charge in [0.1, 0.15) is 0 Å². The standard InChI is InChI=1S/C14H17NO2/c1-14(2)10-7-5-6-8-11(10)15(3)12(14)9-13(16)17-4/h5-9H,1-4H3/b12-9-. The molecular weight excluding hydrogens is 214 g/mol. The first kappa shape index (κ1) is 11.7. The minimum atomic E-state index is -0.312. The van der Waals surface area contributed by atoms with E-state index in [0.29, 0.717) is 0 Å². The second-order valence-electron chi connectivity index (χ2n) is 4.75. The molecule has 0 saturated carbocycles. The van der Waals surface area contributed by atoms with Crippen LogP contribution in [0.4, 0.5) is 5.69 Å². The molecular formula is C14H17NO2. The predicted octanol–water partition coefficient (Wildman–Crippen LogP) is 2.47. The minimum Gasteiger partial charge on any atom is -0.466 e. The van der Waals surface area contributed by atoms with Gasteiger partial charge in [0, 0.05) is 29.9 Å². The van der Waals surface area contributed by atoms with Gasteiger partial charge in [0.05, 0.1) is 7.11 Å². The number of nitrogens with zero attached hydrogens (tertiary/aromatic N) is 1. The van der Waals surface area contributed by atoms with Crippen LogP contribution in [0.25, 0.3) is 0 Å². The number of hydrogen-bond donors (Lipinski definition) is 0.